The van der Waals surface area contributed by atoms with Crippen LogP contribution in [0.4, 0.5) is 4.79 Å². The minimum Gasteiger partial charge on any atom is -0.449 e. The van der Waals surface area contributed by atoms with Crippen LogP contribution in [0, 0.1) is 5.41 Å². The van der Waals surface area contributed by atoms with Gasteiger partial charge in [0.15, 0.2) is 0 Å². The topological polar surface area (TPSA) is 61.9 Å². The summed E-state index contributed by atoms with van der Waals surface area (Å²) in [5, 5.41) is 3.01. The molecule has 2 saturated heterocycles. The minimum absolute atomic E-state index is 0.0337. The molecular weight excluding hydrogens is 282 g/mol. The van der Waals surface area contributed by atoms with Crippen molar-refractivity contribution in [2.45, 2.75) is 45.6 Å². The van der Waals surface area contributed by atoms with Crippen molar-refractivity contribution < 1.29 is 14.3 Å². The second-order valence-corrected chi connectivity index (χ2v) is 7.66. The molecule has 0 bridgehead atoms. The first kappa shape index (κ1) is 17.1. The van der Waals surface area contributed by atoms with Crippen LogP contribution in [0.3, 0.4) is 0 Å². The molecule has 1 N–H and O–H groups in total. The third kappa shape index (κ3) is 3.72. The highest BCUT2D eigenvalue weighted by molar-refractivity contribution is 5.87. The fourth-order valence-corrected chi connectivity index (χ4v) is 3.11. The Morgan fingerprint density at radius 2 is 1.91 bits per heavy atom. The van der Waals surface area contributed by atoms with E-state index in [1.807, 2.05) is 27.8 Å². The smallest absolute Gasteiger partial charge is 0.409 e. The number of nitrogens with zero attached hydrogens (tertiary/aromatic N) is 2. The van der Waals surface area contributed by atoms with Gasteiger partial charge in [0.1, 0.15) is 5.54 Å². The fraction of sp³-hybridized carbons (Fsp3) is 0.875. The second kappa shape index (κ2) is 6.44. The number of nitrogens with one attached hydrogen (secondary N) is 1. The Balaban J connectivity index is 1.94. The van der Waals surface area contributed by atoms with E-state index in [2.05, 4.69) is 10.2 Å². The van der Waals surface area contributed by atoms with E-state index in [4.69, 9.17) is 4.74 Å². The number of carbonyl (C=O) groups excluding carboxylic acids is 2. The maximum Gasteiger partial charge on any atom is 0.409 e. The predicted octanol–water partition coefficient (Wildman–Crippen LogP) is 1.46. The summed E-state index contributed by atoms with van der Waals surface area (Å²) in [7, 11) is 2.01. The number of likely N-dealkylation sites (N-methyl/N-ethyl adjacent to an activating group) is 1. The van der Waals surface area contributed by atoms with Crippen molar-refractivity contribution in [2.75, 3.05) is 39.8 Å². The summed E-state index contributed by atoms with van der Waals surface area (Å²) in [6.07, 6.45) is 2.04. The Labute approximate surface area is 133 Å². The van der Waals surface area contributed by atoms with Crippen molar-refractivity contribution in [3.05, 3.63) is 0 Å². The molecule has 0 radical (unpaired) electrons. The molecule has 0 saturated carbocycles. The van der Waals surface area contributed by atoms with Crippen LogP contribution in [-0.4, -0.2) is 67.2 Å². The lowest BCUT2D eigenvalue weighted by atomic mass is 9.85. The monoisotopic (exact) mass is 311 g/mol. The summed E-state index contributed by atoms with van der Waals surface area (Å²) >= 11 is 0. The van der Waals surface area contributed by atoms with Gasteiger partial charge in [-0.2, -0.15) is 0 Å². The zero-order chi connectivity index (χ0) is 16.4. The third-order valence-electron chi connectivity index (χ3n) is 4.59. The van der Waals surface area contributed by atoms with Gasteiger partial charge in [0.05, 0.1) is 6.61 Å². The first-order chi connectivity index (χ1) is 10.2. The number of rotatable bonds is 1. The van der Waals surface area contributed by atoms with E-state index in [1.165, 1.54) is 0 Å². The molecule has 0 aromatic rings. The first-order valence-electron chi connectivity index (χ1n) is 8.16. The highest BCUT2D eigenvalue weighted by atomic mass is 16.6. The number of ether oxygens (including phenoxy) is 1. The lowest BCUT2D eigenvalue weighted by molar-refractivity contribution is -0.134. The van der Waals surface area contributed by atoms with Gasteiger partial charge in [-0.15, -0.1) is 0 Å². The molecule has 6 nitrogen and oxygen atoms in total. The Morgan fingerprint density at radius 3 is 2.50 bits per heavy atom. The fourth-order valence-electron chi connectivity index (χ4n) is 3.11. The van der Waals surface area contributed by atoms with E-state index in [1.54, 1.807) is 4.90 Å². The van der Waals surface area contributed by atoms with Crippen LogP contribution in [-0.2, 0) is 9.53 Å². The van der Waals surface area contributed by atoms with E-state index in [-0.39, 0.29) is 17.4 Å². The first-order valence-corrected chi connectivity index (χ1v) is 8.16. The number of amides is 2. The molecule has 0 aromatic carbocycles. The van der Waals surface area contributed by atoms with E-state index in [0.29, 0.717) is 32.5 Å². The third-order valence-corrected chi connectivity index (χ3v) is 4.59. The number of carbonyl (C=O) groups is 2. The SMILES string of the molecule is CN1CCCNC(=O)C12CCN(C(=O)OCC(C)(C)C)CC2. The second-order valence-electron chi connectivity index (χ2n) is 7.66. The average Bonchev–Trinajstić information content (AvgIpc) is 2.59. The highest BCUT2D eigenvalue weighted by Crippen LogP contribution is 2.30. The van der Waals surface area contributed by atoms with Gasteiger partial charge in [0.25, 0.3) is 0 Å². The quantitative estimate of drug-likeness (QED) is 0.796. The molecule has 0 unspecified atom stereocenters. The predicted molar refractivity (Wildman–Crippen MR) is 84.6 cm³/mol. The molecule has 2 heterocycles. The average molecular weight is 311 g/mol. The van der Waals surface area contributed by atoms with Crippen LogP contribution >= 0.6 is 0 Å². The Hall–Kier alpha value is -1.30. The molecule has 126 valence electrons. The summed E-state index contributed by atoms with van der Waals surface area (Å²) < 4.78 is 5.37. The van der Waals surface area contributed by atoms with Gasteiger partial charge in [-0.25, -0.2) is 4.79 Å². The van der Waals surface area contributed by atoms with Crippen LogP contribution in [0.2, 0.25) is 0 Å². The highest BCUT2D eigenvalue weighted by Gasteiger charge is 2.46. The molecule has 22 heavy (non-hydrogen) atoms. The van der Waals surface area contributed by atoms with E-state index in [0.717, 1.165) is 19.5 Å². The number of hydrogen-bond donors (Lipinski definition) is 1. The van der Waals surface area contributed by atoms with Crippen LogP contribution in [0.25, 0.3) is 0 Å². The van der Waals surface area contributed by atoms with Gasteiger partial charge < -0.3 is 15.0 Å². The van der Waals surface area contributed by atoms with Gasteiger partial charge in [0, 0.05) is 26.2 Å². The van der Waals surface area contributed by atoms with E-state index >= 15 is 0 Å². The molecule has 6 heteroatoms. The van der Waals surface area contributed by atoms with Crippen molar-refractivity contribution in [1.29, 1.82) is 0 Å². The van der Waals surface area contributed by atoms with Gasteiger partial charge in [-0.1, -0.05) is 20.8 Å². The minimum atomic E-state index is -0.461. The zero-order valence-corrected chi connectivity index (χ0v) is 14.3. The summed E-state index contributed by atoms with van der Waals surface area (Å²) in [5.41, 5.74) is -0.495. The zero-order valence-electron chi connectivity index (χ0n) is 14.3. The molecule has 2 aliphatic rings. The molecule has 2 aliphatic heterocycles. The standard InChI is InChI=1S/C16H29N3O3/c1-15(2,3)12-22-14(21)19-10-6-16(7-11-19)13(20)17-8-5-9-18(16)4/h5-12H2,1-4H3,(H,17,20). The van der Waals surface area contributed by atoms with Crippen LogP contribution in [0.5, 0.6) is 0 Å². The van der Waals surface area contributed by atoms with E-state index in [9.17, 15) is 9.59 Å². The van der Waals surface area contributed by atoms with Gasteiger partial charge in [-0.3, -0.25) is 9.69 Å². The normalized spacial score (nSPS) is 23.1. The molecule has 0 atom stereocenters. The van der Waals surface area contributed by atoms with Crippen molar-refractivity contribution in [3.63, 3.8) is 0 Å². The Kier molecular flexibility index (Phi) is 5.00. The maximum absolute atomic E-state index is 12.4. The summed E-state index contributed by atoms with van der Waals surface area (Å²) in [6, 6.07) is 0. The van der Waals surface area contributed by atoms with Gasteiger partial charge in [-0.05, 0) is 31.7 Å². The van der Waals surface area contributed by atoms with Crippen molar-refractivity contribution in [3.8, 4) is 0 Å². The van der Waals surface area contributed by atoms with Crippen LogP contribution in [0.15, 0.2) is 0 Å². The van der Waals surface area contributed by atoms with Gasteiger partial charge >= 0.3 is 6.09 Å². The molecule has 1 spiro atoms. The lowest BCUT2D eigenvalue weighted by Gasteiger charge is -2.44. The number of piperidine rings is 1. The van der Waals surface area contributed by atoms with E-state index < -0.39 is 5.54 Å². The lowest BCUT2D eigenvalue weighted by Crippen LogP contribution is -2.61. The summed E-state index contributed by atoms with van der Waals surface area (Å²) in [6.45, 7) is 9.31. The molecule has 2 amide bonds. The maximum atomic E-state index is 12.4. The largest absolute Gasteiger partial charge is 0.449 e. The molecule has 2 rings (SSSR count). The molecular formula is C16H29N3O3. The Morgan fingerprint density at radius 1 is 1.27 bits per heavy atom. The van der Waals surface area contributed by atoms with Crippen LogP contribution < -0.4 is 5.32 Å². The van der Waals surface area contributed by atoms with Gasteiger partial charge in [0.2, 0.25) is 5.91 Å². The number of hydrogen-bond acceptors (Lipinski definition) is 4. The Bertz CT molecular complexity index is 423. The summed E-state index contributed by atoms with van der Waals surface area (Å²) in [5.74, 6) is 0.107. The van der Waals surface area contributed by atoms with Crippen molar-refractivity contribution in [2.24, 2.45) is 5.41 Å². The van der Waals surface area contributed by atoms with Crippen molar-refractivity contribution in [1.82, 2.24) is 15.1 Å². The van der Waals surface area contributed by atoms with Crippen LogP contribution in [0.1, 0.15) is 40.0 Å². The molecule has 2 fully saturated rings. The molecule has 0 aromatic heterocycles. The summed E-state index contributed by atoms with van der Waals surface area (Å²) in [4.78, 5) is 28.5. The van der Waals surface area contributed by atoms with Crippen molar-refractivity contribution >= 4 is 12.0 Å². The molecule has 0 aliphatic carbocycles. The number of likely N-dealkylation sites (tertiary alicyclic amines) is 1.